The minimum atomic E-state index is 0.192. The zero-order valence-electron chi connectivity index (χ0n) is 10.0. The van der Waals surface area contributed by atoms with Gasteiger partial charge in [0.25, 0.3) is 0 Å². The smallest absolute Gasteiger partial charge is 0.0637 e. The molecule has 0 aliphatic heterocycles. The van der Waals surface area contributed by atoms with Crippen molar-refractivity contribution in [3.8, 4) is 0 Å². The highest BCUT2D eigenvalue weighted by molar-refractivity contribution is 6.34. The third kappa shape index (κ3) is 3.22. The molecule has 0 bridgehead atoms. The molecule has 1 aromatic heterocycles. The highest BCUT2D eigenvalue weighted by atomic mass is 35.5. The van der Waals surface area contributed by atoms with Crippen LogP contribution in [0.3, 0.4) is 0 Å². The fourth-order valence-electron chi connectivity index (χ4n) is 1.86. The Morgan fingerprint density at radius 1 is 1.22 bits per heavy atom. The number of nitrogens with zero attached hydrogens (tertiary/aromatic N) is 1. The van der Waals surface area contributed by atoms with Crippen LogP contribution in [0.4, 0.5) is 0 Å². The molecule has 0 aliphatic rings. The quantitative estimate of drug-likeness (QED) is 0.919. The number of aromatic nitrogens is 1. The summed E-state index contributed by atoms with van der Waals surface area (Å²) in [4.78, 5) is 4.29. The lowest BCUT2D eigenvalue weighted by atomic mass is 10.0. The number of halogens is 2. The molecule has 0 spiro atoms. The number of likely N-dealkylation sites (N-methyl/N-ethyl adjacent to an activating group) is 1. The summed E-state index contributed by atoms with van der Waals surface area (Å²) in [7, 11) is 1.93. The van der Waals surface area contributed by atoms with Crippen LogP contribution in [0.25, 0.3) is 0 Å². The van der Waals surface area contributed by atoms with E-state index >= 15 is 0 Å². The molecule has 1 atom stereocenters. The summed E-state index contributed by atoms with van der Waals surface area (Å²) in [6.07, 6.45) is 2.36. The Kier molecular flexibility index (Phi) is 4.59. The van der Waals surface area contributed by atoms with E-state index in [0.29, 0.717) is 10.0 Å². The Morgan fingerprint density at radius 3 is 2.56 bits per heavy atom. The second-order valence-corrected chi connectivity index (χ2v) is 4.88. The van der Waals surface area contributed by atoms with Crippen molar-refractivity contribution in [1.82, 2.24) is 10.3 Å². The molecule has 0 aliphatic carbocycles. The Morgan fingerprint density at radius 2 is 1.94 bits per heavy atom. The van der Waals surface area contributed by atoms with Crippen LogP contribution >= 0.6 is 23.2 Å². The molecule has 1 N–H and O–H groups in total. The topological polar surface area (TPSA) is 24.9 Å². The van der Waals surface area contributed by atoms with Gasteiger partial charge in [-0.1, -0.05) is 53.5 Å². The number of hydrogen-bond donors (Lipinski definition) is 1. The molecule has 2 rings (SSSR count). The van der Waals surface area contributed by atoms with Crippen LogP contribution in [0.1, 0.15) is 17.3 Å². The molecule has 0 saturated carbocycles. The predicted molar refractivity (Wildman–Crippen MR) is 76.2 cm³/mol. The Hall–Kier alpha value is -1.09. The number of rotatable bonds is 4. The first kappa shape index (κ1) is 13.3. The highest BCUT2D eigenvalue weighted by Gasteiger charge is 2.13. The normalized spacial score (nSPS) is 12.4. The zero-order valence-corrected chi connectivity index (χ0v) is 11.5. The number of pyridine rings is 1. The monoisotopic (exact) mass is 280 g/mol. The Balaban J connectivity index is 2.21. The van der Waals surface area contributed by atoms with Crippen LogP contribution in [0, 0.1) is 0 Å². The van der Waals surface area contributed by atoms with Crippen molar-refractivity contribution in [2.45, 2.75) is 12.5 Å². The summed E-state index contributed by atoms with van der Waals surface area (Å²) in [6, 6.07) is 12.1. The van der Waals surface area contributed by atoms with Crippen molar-refractivity contribution >= 4 is 23.2 Å². The fraction of sp³-hybridized carbons (Fsp3) is 0.214. The summed E-state index contributed by atoms with van der Waals surface area (Å²) in [5, 5.41) is 4.45. The van der Waals surface area contributed by atoms with Crippen molar-refractivity contribution < 1.29 is 0 Å². The molecule has 2 aromatic rings. The van der Waals surface area contributed by atoms with Gasteiger partial charge < -0.3 is 5.32 Å². The Bertz CT molecular complexity index is 514. The lowest BCUT2D eigenvalue weighted by Gasteiger charge is -2.16. The Labute approximate surface area is 117 Å². The van der Waals surface area contributed by atoms with Gasteiger partial charge in [0.1, 0.15) is 0 Å². The van der Waals surface area contributed by atoms with E-state index in [2.05, 4.69) is 22.4 Å². The summed E-state index contributed by atoms with van der Waals surface area (Å²) in [5.41, 5.74) is 2.07. The van der Waals surface area contributed by atoms with E-state index in [-0.39, 0.29) is 6.04 Å². The third-order valence-electron chi connectivity index (χ3n) is 2.83. The van der Waals surface area contributed by atoms with E-state index in [9.17, 15) is 0 Å². The second-order valence-electron chi connectivity index (χ2n) is 4.04. The van der Waals surface area contributed by atoms with E-state index in [1.54, 1.807) is 12.3 Å². The van der Waals surface area contributed by atoms with Gasteiger partial charge in [-0.05, 0) is 18.7 Å². The molecule has 0 amide bonds. The van der Waals surface area contributed by atoms with Crippen LogP contribution in [0.15, 0.2) is 42.6 Å². The lowest BCUT2D eigenvalue weighted by Crippen LogP contribution is -2.19. The lowest BCUT2D eigenvalue weighted by molar-refractivity contribution is 0.584. The first-order chi connectivity index (χ1) is 8.70. The summed E-state index contributed by atoms with van der Waals surface area (Å²) in [5.74, 6) is 0. The largest absolute Gasteiger partial charge is 0.313 e. The van der Waals surface area contributed by atoms with Crippen molar-refractivity contribution in [2.75, 3.05) is 7.05 Å². The van der Waals surface area contributed by atoms with Gasteiger partial charge in [-0.2, -0.15) is 0 Å². The van der Waals surface area contributed by atoms with E-state index in [1.165, 1.54) is 5.56 Å². The third-order valence-corrected chi connectivity index (χ3v) is 3.37. The average molecular weight is 281 g/mol. The van der Waals surface area contributed by atoms with Crippen LogP contribution in [-0.4, -0.2) is 12.0 Å². The van der Waals surface area contributed by atoms with E-state index < -0.39 is 0 Å². The maximum atomic E-state index is 6.14. The van der Waals surface area contributed by atoms with Gasteiger partial charge in [0.05, 0.1) is 15.7 Å². The maximum absolute atomic E-state index is 6.14. The van der Waals surface area contributed by atoms with Crippen LogP contribution < -0.4 is 5.32 Å². The molecule has 94 valence electrons. The van der Waals surface area contributed by atoms with E-state index in [4.69, 9.17) is 23.2 Å². The molecular formula is C14H14Cl2N2. The van der Waals surface area contributed by atoms with Crippen LogP contribution in [0.2, 0.25) is 10.0 Å². The van der Waals surface area contributed by atoms with Gasteiger partial charge in [-0.3, -0.25) is 4.98 Å². The van der Waals surface area contributed by atoms with Gasteiger partial charge in [-0.15, -0.1) is 0 Å². The molecule has 0 saturated heterocycles. The molecular weight excluding hydrogens is 267 g/mol. The fourth-order valence-corrected chi connectivity index (χ4v) is 2.32. The molecule has 2 nitrogen and oxygen atoms in total. The average Bonchev–Trinajstić information content (AvgIpc) is 2.39. The van der Waals surface area contributed by atoms with Crippen molar-refractivity contribution in [3.63, 3.8) is 0 Å². The van der Waals surface area contributed by atoms with Gasteiger partial charge in [-0.25, -0.2) is 0 Å². The molecule has 0 fully saturated rings. The minimum absolute atomic E-state index is 0.192. The minimum Gasteiger partial charge on any atom is -0.313 e. The maximum Gasteiger partial charge on any atom is 0.0637 e. The molecule has 4 heteroatoms. The van der Waals surface area contributed by atoms with Gasteiger partial charge in [0.2, 0.25) is 0 Å². The van der Waals surface area contributed by atoms with Gasteiger partial charge in [0, 0.05) is 18.7 Å². The van der Waals surface area contributed by atoms with Gasteiger partial charge >= 0.3 is 0 Å². The van der Waals surface area contributed by atoms with Crippen molar-refractivity contribution in [2.24, 2.45) is 0 Å². The van der Waals surface area contributed by atoms with E-state index in [0.717, 1.165) is 12.1 Å². The highest BCUT2D eigenvalue weighted by Crippen LogP contribution is 2.23. The molecule has 1 unspecified atom stereocenters. The molecule has 1 heterocycles. The van der Waals surface area contributed by atoms with E-state index in [1.807, 2.05) is 25.2 Å². The van der Waals surface area contributed by atoms with Crippen molar-refractivity contribution in [3.05, 3.63) is 63.9 Å². The summed E-state index contributed by atoms with van der Waals surface area (Å²) in [6.45, 7) is 0. The number of nitrogens with one attached hydrogen (secondary N) is 1. The summed E-state index contributed by atoms with van der Waals surface area (Å²) >= 11 is 12.0. The van der Waals surface area contributed by atoms with Gasteiger partial charge in [0.15, 0.2) is 0 Å². The predicted octanol–water partition coefficient (Wildman–Crippen LogP) is 3.89. The number of hydrogen-bond acceptors (Lipinski definition) is 2. The zero-order chi connectivity index (χ0) is 13.0. The summed E-state index contributed by atoms with van der Waals surface area (Å²) < 4.78 is 0. The SMILES string of the molecule is CNC(Cc1ncc(Cl)cc1Cl)c1ccccc1. The van der Waals surface area contributed by atoms with Crippen LogP contribution in [-0.2, 0) is 6.42 Å². The first-order valence-corrected chi connectivity index (χ1v) is 6.48. The molecule has 18 heavy (non-hydrogen) atoms. The first-order valence-electron chi connectivity index (χ1n) is 5.73. The van der Waals surface area contributed by atoms with Crippen molar-refractivity contribution in [1.29, 1.82) is 0 Å². The second kappa shape index (κ2) is 6.19. The number of benzene rings is 1. The standard InChI is InChI=1S/C14H14Cl2N2/c1-17-13(10-5-3-2-4-6-10)8-14-12(16)7-11(15)9-18-14/h2-7,9,13,17H,8H2,1H3. The van der Waals surface area contributed by atoms with Crippen LogP contribution in [0.5, 0.6) is 0 Å². The molecule has 0 radical (unpaired) electrons. The molecule has 1 aromatic carbocycles.